The highest BCUT2D eigenvalue weighted by molar-refractivity contribution is 5.94. The summed E-state index contributed by atoms with van der Waals surface area (Å²) in [6, 6.07) is 5.77. The van der Waals surface area contributed by atoms with Crippen molar-refractivity contribution in [2.75, 3.05) is 5.32 Å². The molecule has 1 aromatic carbocycles. The minimum atomic E-state index is 0.0542. The van der Waals surface area contributed by atoms with E-state index in [0.717, 1.165) is 29.3 Å². The van der Waals surface area contributed by atoms with Gasteiger partial charge in [-0.2, -0.15) is 0 Å². The van der Waals surface area contributed by atoms with E-state index in [1.165, 1.54) is 0 Å². The predicted molar refractivity (Wildman–Crippen MR) is 73.5 cm³/mol. The maximum absolute atomic E-state index is 11.4. The van der Waals surface area contributed by atoms with Gasteiger partial charge in [0.05, 0.1) is 0 Å². The van der Waals surface area contributed by atoms with Gasteiger partial charge in [0, 0.05) is 25.2 Å². The number of benzene rings is 1. The predicted octanol–water partition coefficient (Wildman–Crippen LogP) is 1.59. The molecule has 0 fully saturated rings. The molecule has 1 aromatic heterocycles. The van der Waals surface area contributed by atoms with Gasteiger partial charge in [-0.3, -0.25) is 4.79 Å². The zero-order chi connectivity index (χ0) is 14.1. The lowest BCUT2D eigenvalue weighted by atomic mass is 10.0. The number of fused-ring (bicyclic) bond motifs is 1. The highest BCUT2D eigenvalue weighted by Gasteiger charge is 2.15. The van der Waals surface area contributed by atoms with Crippen LogP contribution in [0.15, 0.2) is 18.2 Å². The standard InChI is InChI=1S/C14H16N4O2/c1-9-16-17-13(18(9)2)8-20-11-5-3-10-4-6-14(19)15-12(10)7-11/h3,5,7H,4,6,8H2,1-2H3,(H,15,19). The summed E-state index contributed by atoms with van der Waals surface area (Å²) in [5, 5.41) is 10.9. The van der Waals surface area contributed by atoms with Crippen molar-refractivity contribution in [2.24, 2.45) is 7.05 Å². The molecule has 0 saturated heterocycles. The second kappa shape index (κ2) is 4.96. The number of anilines is 1. The fraction of sp³-hybridized carbons (Fsp3) is 0.357. The molecule has 2 aromatic rings. The summed E-state index contributed by atoms with van der Waals surface area (Å²) in [5.41, 5.74) is 1.99. The average molecular weight is 272 g/mol. The zero-order valence-corrected chi connectivity index (χ0v) is 11.5. The molecule has 0 unspecified atom stereocenters. The molecule has 0 radical (unpaired) electrons. The number of hydrogen-bond acceptors (Lipinski definition) is 4. The van der Waals surface area contributed by atoms with Gasteiger partial charge in [0.1, 0.15) is 18.2 Å². The van der Waals surface area contributed by atoms with Crippen LogP contribution >= 0.6 is 0 Å². The molecule has 1 amide bonds. The molecular weight excluding hydrogens is 256 g/mol. The molecule has 1 N–H and O–H groups in total. The summed E-state index contributed by atoms with van der Waals surface area (Å²) < 4.78 is 7.60. The van der Waals surface area contributed by atoms with Gasteiger partial charge >= 0.3 is 0 Å². The van der Waals surface area contributed by atoms with Crippen LogP contribution in [0.3, 0.4) is 0 Å². The van der Waals surface area contributed by atoms with Crippen LogP contribution in [0.1, 0.15) is 23.6 Å². The minimum Gasteiger partial charge on any atom is -0.486 e. The molecule has 1 aliphatic rings. The number of rotatable bonds is 3. The van der Waals surface area contributed by atoms with Crippen molar-refractivity contribution in [3.63, 3.8) is 0 Å². The lowest BCUT2D eigenvalue weighted by molar-refractivity contribution is -0.116. The first-order valence-corrected chi connectivity index (χ1v) is 6.54. The molecule has 6 heteroatoms. The Morgan fingerprint density at radius 1 is 1.35 bits per heavy atom. The summed E-state index contributed by atoms with van der Waals surface area (Å²) in [6.07, 6.45) is 1.33. The fourth-order valence-corrected chi connectivity index (χ4v) is 2.17. The lowest BCUT2D eigenvalue weighted by Gasteiger charge is -2.17. The number of aryl methyl sites for hydroxylation is 2. The second-order valence-corrected chi connectivity index (χ2v) is 4.88. The maximum Gasteiger partial charge on any atom is 0.224 e. The molecule has 0 bridgehead atoms. The van der Waals surface area contributed by atoms with E-state index in [-0.39, 0.29) is 5.91 Å². The molecule has 0 saturated carbocycles. The Bertz CT molecular complexity index is 663. The van der Waals surface area contributed by atoms with Crippen molar-refractivity contribution >= 4 is 11.6 Å². The van der Waals surface area contributed by atoms with E-state index in [1.54, 1.807) is 0 Å². The Labute approximate surface area is 116 Å². The van der Waals surface area contributed by atoms with Crippen molar-refractivity contribution in [1.82, 2.24) is 14.8 Å². The molecule has 2 heterocycles. The van der Waals surface area contributed by atoms with Gasteiger partial charge in [0.25, 0.3) is 0 Å². The first kappa shape index (κ1) is 12.7. The van der Waals surface area contributed by atoms with Crippen LogP contribution in [0.25, 0.3) is 0 Å². The normalized spacial score (nSPS) is 13.8. The Morgan fingerprint density at radius 2 is 2.20 bits per heavy atom. The molecule has 3 rings (SSSR count). The van der Waals surface area contributed by atoms with Gasteiger partial charge < -0.3 is 14.6 Å². The maximum atomic E-state index is 11.4. The Balaban J connectivity index is 1.74. The fourth-order valence-electron chi connectivity index (χ4n) is 2.17. The van der Waals surface area contributed by atoms with Gasteiger partial charge in [-0.15, -0.1) is 10.2 Å². The third-order valence-electron chi connectivity index (χ3n) is 3.53. The number of carbonyl (C=O) groups is 1. The third-order valence-corrected chi connectivity index (χ3v) is 3.53. The molecule has 0 spiro atoms. The summed E-state index contributed by atoms with van der Waals surface area (Å²) in [4.78, 5) is 11.4. The molecular formula is C14H16N4O2. The van der Waals surface area contributed by atoms with Crippen LogP contribution in [0, 0.1) is 6.92 Å². The number of nitrogens with zero attached hydrogens (tertiary/aromatic N) is 3. The van der Waals surface area contributed by atoms with Crippen LogP contribution in [0.4, 0.5) is 5.69 Å². The van der Waals surface area contributed by atoms with Crippen LogP contribution in [-0.4, -0.2) is 20.7 Å². The molecule has 6 nitrogen and oxygen atoms in total. The van der Waals surface area contributed by atoms with Crippen molar-refractivity contribution in [2.45, 2.75) is 26.4 Å². The number of carbonyl (C=O) groups excluding carboxylic acids is 1. The summed E-state index contributed by atoms with van der Waals surface area (Å²) in [7, 11) is 1.90. The summed E-state index contributed by atoms with van der Waals surface area (Å²) in [5.74, 6) is 2.38. The molecule has 0 aliphatic carbocycles. The molecule has 0 atom stereocenters. The third kappa shape index (κ3) is 2.36. The second-order valence-electron chi connectivity index (χ2n) is 4.88. The van der Waals surface area contributed by atoms with Gasteiger partial charge in [-0.1, -0.05) is 6.07 Å². The topological polar surface area (TPSA) is 69.0 Å². The Kier molecular flexibility index (Phi) is 3.14. The number of amides is 1. The van der Waals surface area contributed by atoms with Gasteiger partial charge in [-0.05, 0) is 25.0 Å². The SMILES string of the molecule is Cc1nnc(COc2ccc3c(c2)NC(=O)CC3)n1C. The van der Waals surface area contributed by atoms with E-state index in [4.69, 9.17) is 4.74 Å². The van der Waals surface area contributed by atoms with E-state index >= 15 is 0 Å². The van der Waals surface area contributed by atoms with Gasteiger partial charge in [0.2, 0.25) is 5.91 Å². The monoisotopic (exact) mass is 272 g/mol. The van der Waals surface area contributed by atoms with Crippen molar-refractivity contribution in [3.8, 4) is 5.75 Å². The van der Waals surface area contributed by atoms with Crippen LogP contribution in [0.5, 0.6) is 5.75 Å². The number of aromatic nitrogens is 3. The molecule has 20 heavy (non-hydrogen) atoms. The first-order valence-electron chi connectivity index (χ1n) is 6.54. The van der Waals surface area contributed by atoms with E-state index in [2.05, 4.69) is 15.5 Å². The van der Waals surface area contributed by atoms with E-state index in [9.17, 15) is 4.79 Å². The zero-order valence-electron chi connectivity index (χ0n) is 11.5. The molecule has 1 aliphatic heterocycles. The number of nitrogens with one attached hydrogen (secondary N) is 1. The Morgan fingerprint density at radius 3 is 2.95 bits per heavy atom. The smallest absolute Gasteiger partial charge is 0.224 e. The lowest BCUT2D eigenvalue weighted by Crippen LogP contribution is -2.18. The summed E-state index contributed by atoms with van der Waals surface area (Å²) >= 11 is 0. The highest BCUT2D eigenvalue weighted by Crippen LogP contribution is 2.27. The first-order chi connectivity index (χ1) is 9.63. The van der Waals surface area contributed by atoms with Crippen LogP contribution in [0.2, 0.25) is 0 Å². The number of ether oxygens (including phenoxy) is 1. The van der Waals surface area contributed by atoms with E-state index in [1.807, 2.05) is 36.7 Å². The van der Waals surface area contributed by atoms with Gasteiger partial charge in [-0.25, -0.2) is 0 Å². The Hall–Kier alpha value is -2.37. The van der Waals surface area contributed by atoms with Crippen molar-refractivity contribution in [1.29, 1.82) is 0 Å². The quantitative estimate of drug-likeness (QED) is 0.921. The van der Waals surface area contributed by atoms with E-state index < -0.39 is 0 Å². The average Bonchev–Trinajstić information content (AvgIpc) is 2.76. The highest BCUT2D eigenvalue weighted by atomic mass is 16.5. The van der Waals surface area contributed by atoms with Crippen LogP contribution < -0.4 is 10.1 Å². The van der Waals surface area contributed by atoms with Crippen molar-refractivity contribution in [3.05, 3.63) is 35.4 Å². The minimum absolute atomic E-state index is 0.0542. The van der Waals surface area contributed by atoms with E-state index in [0.29, 0.717) is 18.8 Å². The summed E-state index contributed by atoms with van der Waals surface area (Å²) in [6.45, 7) is 2.25. The van der Waals surface area contributed by atoms with Crippen molar-refractivity contribution < 1.29 is 9.53 Å². The largest absolute Gasteiger partial charge is 0.486 e. The van der Waals surface area contributed by atoms with Crippen LogP contribution in [-0.2, 0) is 24.9 Å². The van der Waals surface area contributed by atoms with Gasteiger partial charge in [0.15, 0.2) is 5.82 Å². The number of hydrogen-bond donors (Lipinski definition) is 1. The molecule has 104 valence electrons.